The highest BCUT2D eigenvalue weighted by atomic mass is 32.2. The topological polar surface area (TPSA) is 82.2 Å². The van der Waals surface area contributed by atoms with Gasteiger partial charge in [-0.25, -0.2) is 13.1 Å². The average Bonchev–Trinajstić information content (AvgIpc) is 2.32. The van der Waals surface area contributed by atoms with Crippen LogP contribution in [0.4, 0.5) is 0 Å². The molecule has 0 aliphatic carbocycles. The molecule has 0 unspecified atom stereocenters. The number of fused-ring (bicyclic) bond motifs is 1. The third kappa shape index (κ3) is 1.78. The summed E-state index contributed by atoms with van der Waals surface area (Å²) in [5.74, 6) is 5.72. The molecule has 0 spiro atoms. The van der Waals surface area contributed by atoms with Gasteiger partial charge < -0.3 is 5.84 Å². The second kappa shape index (κ2) is 4.13. The third-order valence-electron chi connectivity index (χ3n) is 2.88. The second-order valence-electron chi connectivity index (χ2n) is 4.13. The van der Waals surface area contributed by atoms with Gasteiger partial charge in [-0.05, 0) is 12.5 Å². The standard InChI is InChI=1S/C12H14N2O3S/c1-3-8-11(18(2,16)17)9-6-4-5-7-10(9)14(13)12(8)15/h4-7H,3,13H2,1-2H3. The molecule has 1 aromatic heterocycles. The molecular formula is C12H14N2O3S. The van der Waals surface area contributed by atoms with Crippen LogP contribution in [0.5, 0.6) is 0 Å². The summed E-state index contributed by atoms with van der Waals surface area (Å²) in [5.41, 5.74) is 0.190. The Kier molecular flexibility index (Phi) is 2.90. The van der Waals surface area contributed by atoms with Crippen LogP contribution in [0.1, 0.15) is 12.5 Å². The molecular weight excluding hydrogens is 252 g/mol. The molecule has 0 bridgehead atoms. The number of para-hydroxylation sites is 1. The van der Waals surface area contributed by atoms with Gasteiger partial charge in [0.1, 0.15) is 0 Å². The summed E-state index contributed by atoms with van der Waals surface area (Å²) < 4.78 is 24.8. The van der Waals surface area contributed by atoms with Crippen molar-refractivity contribution in [2.45, 2.75) is 18.2 Å². The Balaban J connectivity index is 3.17. The number of nitrogen functional groups attached to an aromatic ring is 1. The molecule has 1 aromatic carbocycles. The fraction of sp³-hybridized carbons (Fsp3) is 0.250. The first kappa shape index (κ1) is 12.6. The summed E-state index contributed by atoms with van der Waals surface area (Å²) in [5, 5.41) is 0.485. The lowest BCUT2D eigenvalue weighted by Gasteiger charge is -2.12. The first-order chi connectivity index (χ1) is 8.38. The Hall–Kier alpha value is -1.82. The van der Waals surface area contributed by atoms with Crippen LogP contribution in [0.3, 0.4) is 0 Å². The van der Waals surface area contributed by atoms with Gasteiger partial charge in [0.15, 0.2) is 9.84 Å². The Morgan fingerprint density at radius 2 is 1.89 bits per heavy atom. The molecule has 0 aliphatic rings. The summed E-state index contributed by atoms with van der Waals surface area (Å²) in [7, 11) is -3.48. The van der Waals surface area contributed by atoms with Crippen LogP contribution in [-0.4, -0.2) is 19.3 Å². The van der Waals surface area contributed by atoms with Crippen LogP contribution in [0.15, 0.2) is 34.0 Å². The number of sulfone groups is 1. The van der Waals surface area contributed by atoms with Gasteiger partial charge in [0, 0.05) is 17.2 Å². The maximum absolute atomic E-state index is 12.1. The zero-order chi connectivity index (χ0) is 13.5. The Bertz CT molecular complexity index is 776. The monoisotopic (exact) mass is 266 g/mol. The van der Waals surface area contributed by atoms with Gasteiger partial charge in [0.05, 0.1) is 10.4 Å². The van der Waals surface area contributed by atoms with Crippen LogP contribution >= 0.6 is 0 Å². The van der Waals surface area contributed by atoms with E-state index in [1.54, 1.807) is 31.2 Å². The predicted octanol–water partition coefficient (Wildman–Crippen LogP) is 0.681. The molecule has 2 N–H and O–H groups in total. The third-order valence-corrected chi connectivity index (χ3v) is 4.09. The number of rotatable bonds is 2. The summed E-state index contributed by atoms with van der Waals surface area (Å²) in [6.45, 7) is 1.74. The highest BCUT2D eigenvalue weighted by Crippen LogP contribution is 2.24. The van der Waals surface area contributed by atoms with Crippen LogP contribution in [0, 0.1) is 0 Å². The zero-order valence-corrected chi connectivity index (χ0v) is 11.0. The van der Waals surface area contributed by atoms with Crippen LogP contribution in [0.2, 0.25) is 0 Å². The van der Waals surface area contributed by atoms with Crippen molar-refractivity contribution in [1.82, 2.24) is 4.68 Å². The fourth-order valence-corrected chi connectivity index (χ4v) is 3.38. The number of nitrogens with zero attached hydrogens (tertiary/aromatic N) is 1. The van der Waals surface area contributed by atoms with Gasteiger partial charge in [-0.3, -0.25) is 4.79 Å². The maximum atomic E-state index is 12.1. The minimum atomic E-state index is -3.48. The molecule has 0 amide bonds. The minimum absolute atomic E-state index is 0.0901. The van der Waals surface area contributed by atoms with Crippen LogP contribution < -0.4 is 11.4 Å². The SMILES string of the molecule is CCc1c(S(C)(=O)=O)c2ccccc2n(N)c1=O. The molecule has 5 nitrogen and oxygen atoms in total. The quantitative estimate of drug-likeness (QED) is 0.810. The first-order valence-corrected chi connectivity index (χ1v) is 7.38. The van der Waals surface area contributed by atoms with Gasteiger partial charge >= 0.3 is 0 Å². The van der Waals surface area contributed by atoms with Crippen molar-refractivity contribution in [1.29, 1.82) is 0 Å². The number of aromatic nitrogens is 1. The molecule has 18 heavy (non-hydrogen) atoms. The normalized spacial score (nSPS) is 11.9. The van der Waals surface area contributed by atoms with E-state index in [2.05, 4.69) is 0 Å². The molecule has 0 atom stereocenters. The number of pyridine rings is 1. The molecule has 2 aromatic rings. The van der Waals surface area contributed by atoms with E-state index in [1.807, 2.05) is 0 Å². The smallest absolute Gasteiger partial charge is 0.273 e. The highest BCUT2D eigenvalue weighted by Gasteiger charge is 2.21. The van der Waals surface area contributed by atoms with Crippen molar-refractivity contribution in [3.05, 3.63) is 40.2 Å². The van der Waals surface area contributed by atoms with E-state index >= 15 is 0 Å². The number of hydrogen-bond donors (Lipinski definition) is 1. The molecule has 0 saturated carbocycles. The highest BCUT2D eigenvalue weighted by molar-refractivity contribution is 7.91. The van der Waals surface area contributed by atoms with Crippen molar-refractivity contribution in [3.8, 4) is 0 Å². The van der Waals surface area contributed by atoms with Crippen LogP contribution in [-0.2, 0) is 16.3 Å². The molecule has 96 valence electrons. The van der Waals surface area contributed by atoms with Crippen molar-refractivity contribution in [2.75, 3.05) is 12.1 Å². The van der Waals surface area contributed by atoms with E-state index < -0.39 is 15.4 Å². The molecule has 0 saturated heterocycles. The molecule has 6 heteroatoms. The molecule has 0 fully saturated rings. The predicted molar refractivity (Wildman–Crippen MR) is 70.8 cm³/mol. The second-order valence-corrected chi connectivity index (χ2v) is 6.08. The molecule has 2 rings (SSSR count). The lowest BCUT2D eigenvalue weighted by Crippen LogP contribution is -2.32. The van der Waals surface area contributed by atoms with Gasteiger partial charge in [-0.15, -0.1) is 0 Å². The summed E-state index contributed by atoms with van der Waals surface area (Å²) in [6, 6.07) is 6.72. The van der Waals surface area contributed by atoms with E-state index in [0.29, 0.717) is 17.3 Å². The zero-order valence-electron chi connectivity index (χ0n) is 10.2. The average molecular weight is 266 g/mol. The number of hydrogen-bond acceptors (Lipinski definition) is 4. The van der Waals surface area contributed by atoms with Gasteiger partial charge in [0.25, 0.3) is 5.56 Å². The lowest BCUT2D eigenvalue weighted by molar-refractivity contribution is 0.601. The van der Waals surface area contributed by atoms with Crippen LogP contribution in [0.25, 0.3) is 10.9 Å². The molecule has 0 aliphatic heterocycles. The van der Waals surface area contributed by atoms with E-state index in [1.165, 1.54) is 0 Å². The van der Waals surface area contributed by atoms with Gasteiger partial charge in [-0.2, -0.15) is 0 Å². The number of benzene rings is 1. The lowest BCUT2D eigenvalue weighted by atomic mass is 10.1. The molecule has 1 heterocycles. The molecule has 0 radical (unpaired) electrons. The van der Waals surface area contributed by atoms with Crippen molar-refractivity contribution in [3.63, 3.8) is 0 Å². The van der Waals surface area contributed by atoms with Gasteiger partial charge in [0.2, 0.25) is 0 Å². The Labute approximate surface area is 105 Å². The fourth-order valence-electron chi connectivity index (χ4n) is 2.13. The summed E-state index contributed by atoms with van der Waals surface area (Å²) in [6.07, 6.45) is 1.43. The van der Waals surface area contributed by atoms with E-state index in [0.717, 1.165) is 10.9 Å². The van der Waals surface area contributed by atoms with E-state index in [9.17, 15) is 13.2 Å². The summed E-state index contributed by atoms with van der Waals surface area (Å²) >= 11 is 0. The Morgan fingerprint density at radius 3 is 2.44 bits per heavy atom. The maximum Gasteiger partial charge on any atom is 0.273 e. The van der Waals surface area contributed by atoms with Crippen molar-refractivity contribution < 1.29 is 8.42 Å². The first-order valence-electron chi connectivity index (χ1n) is 5.49. The minimum Gasteiger partial charge on any atom is -0.336 e. The number of nitrogens with two attached hydrogens (primary N) is 1. The Morgan fingerprint density at radius 1 is 1.28 bits per heavy atom. The van der Waals surface area contributed by atoms with E-state index in [-0.39, 0.29) is 10.5 Å². The van der Waals surface area contributed by atoms with Crippen molar-refractivity contribution >= 4 is 20.7 Å². The van der Waals surface area contributed by atoms with Crippen molar-refractivity contribution in [2.24, 2.45) is 0 Å². The van der Waals surface area contributed by atoms with Gasteiger partial charge in [-0.1, -0.05) is 25.1 Å². The van der Waals surface area contributed by atoms with E-state index in [4.69, 9.17) is 5.84 Å². The summed E-state index contributed by atoms with van der Waals surface area (Å²) in [4.78, 5) is 12.1. The largest absolute Gasteiger partial charge is 0.336 e.